The molecule has 0 aromatic heterocycles. The van der Waals surface area contributed by atoms with Crippen LogP contribution in [-0.2, 0) is 0 Å². The Bertz CT molecular complexity index is 514. The molecule has 0 radical (unpaired) electrons. The normalized spacial score (nSPS) is 10.2. The quantitative estimate of drug-likeness (QED) is 0.705. The van der Waals surface area contributed by atoms with E-state index in [4.69, 9.17) is 27.9 Å². The first-order valence-corrected chi connectivity index (χ1v) is 6.09. The summed E-state index contributed by atoms with van der Waals surface area (Å²) in [6, 6.07) is 12.7. The highest BCUT2D eigenvalue weighted by molar-refractivity contribution is 9.10. The van der Waals surface area contributed by atoms with Crippen molar-refractivity contribution in [2.75, 3.05) is 0 Å². The van der Waals surface area contributed by atoms with Gasteiger partial charge in [0.1, 0.15) is 11.5 Å². The maximum atomic E-state index is 6.03. The molecule has 0 heterocycles. The van der Waals surface area contributed by atoms with Crippen LogP contribution in [0.15, 0.2) is 46.9 Å². The molecule has 16 heavy (non-hydrogen) atoms. The van der Waals surface area contributed by atoms with Gasteiger partial charge in [-0.3, -0.25) is 0 Å². The molecular formula is C12H7BrCl2O. The van der Waals surface area contributed by atoms with E-state index < -0.39 is 0 Å². The Morgan fingerprint density at radius 3 is 2.25 bits per heavy atom. The molecule has 4 heteroatoms. The summed E-state index contributed by atoms with van der Waals surface area (Å²) < 4.78 is 6.52. The zero-order valence-electron chi connectivity index (χ0n) is 8.08. The van der Waals surface area contributed by atoms with E-state index in [0.717, 1.165) is 4.47 Å². The van der Waals surface area contributed by atoms with Gasteiger partial charge in [0.15, 0.2) is 0 Å². The summed E-state index contributed by atoms with van der Waals surface area (Å²) in [5.41, 5.74) is 0. The fraction of sp³-hybridized carbons (Fsp3) is 0. The predicted octanol–water partition coefficient (Wildman–Crippen LogP) is 5.55. The monoisotopic (exact) mass is 316 g/mol. The van der Waals surface area contributed by atoms with Crippen molar-refractivity contribution in [3.63, 3.8) is 0 Å². The van der Waals surface area contributed by atoms with Gasteiger partial charge in [-0.1, -0.05) is 51.3 Å². The van der Waals surface area contributed by atoms with Crippen LogP contribution in [0.2, 0.25) is 10.0 Å². The highest BCUT2D eigenvalue weighted by Crippen LogP contribution is 2.34. The van der Waals surface area contributed by atoms with Crippen LogP contribution in [-0.4, -0.2) is 0 Å². The molecule has 0 saturated heterocycles. The summed E-state index contributed by atoms with van der Waals surface area (Å²) in [7, 11) is 0. The number of hydrogen-bond acceptors (Lipinski definition) is 1. The maximum Gasteiger partial charge on any atom is 0.146 e. The van der Waals surface area contributed by atoms with E-state index in [1.807, 2.05) is 18.2 Å². The third-order valence-corrected chi connectivity index (χ3v) is 3.05. The molecule has 0 bridgehead atoms. The second kappa shape index (κ2) is 5.09. The van der Waals surface area contributed by atoms with Crippen molar-refractivity contribution in [1.82, 2.24) is 0 Å². The number of hydrogen-bond donors (Lipinski definition) is 0. The average molecular weight is 318 g/mol. The van der Waals surface area contributed by atoms with Crippen LogP contribution < -0.4 is 4.74 Å². The van der Waals surface area contributed by atoms with Crippen LogP contribution in [0.4, 0.5) is 0 Å². The molecule has 1 nitrogen and oxygen atoms in total. The third-order valence-electron chi connectivity index (χ3n) is 1.95. The van der Waals surface area contributed by atoms with E-state index in [0.29, 0.717) is 21.5 Å². The smallest absolute Gasteiger partial charge is 0.146 e. The van der Waals surface area contributed by atoms with Crippen LogP contribution in [0, 0.1) is 0 Å². The molecule has 2 aromatic rings. The zero-order valence-corrected chi connectivity index (χ0v) is 11.2. The van der Waals surface area contributed by atoms with Gasteiger partial charge >= 0.3 is 0 Å². The van der Waals surface area contributed by atoms with Crippen molar-refractivity contribution in [3.05, 3.63) is 57.0 Å². The van der Waals surface area contributed by atoms with Crippen molar-refractivity contribution in [1.29, 1.82) is 0 Å². The molecule has 0 saturated carbocycles. The SMILES string of the molecule is Clc1ccccc1Oc1ccc(Br)cc1Cl. The van der Waals surface area contributed by atoms with Crippen LogP contribution in [0.5, 0.6) is 11.5 Å². The van der Waals surface area contributed by atoms with E-state index in [-0.39, 0.29) is 0 Å². The predicted molar refractivity (Wildman–Crippen MR) is 70.7 cm³/mol. The Balaban J connectivity index is 2.31. The Hall–Kier alpha value is -0.700. The third kappa shape index (κ3) is 2.70. The average Bonchev–Trinajstić information content (AvgIpc) is 2.25. The zero-order chi connectivity index (χ0) is 11.5. The van der Waals surface area contributed by atoms with E-state index >= 15 is 0 Å². The van der Waals surface area contributed by atoms with Crippen molar-refractivity contribution in [3.8, 4) is 11.5 Å². The maximum absolute atomic E-state index is 6.03. The summed E-state index contributed by atoms with van der Waals surface area (Å²) >= 11 is 15.3. The molecule has 0 N–H and O–H groups in total. The van der Waals surface area contributed by atoms with Crippen LogP contribution in [0.1, 0.15) is 0 Å². The van der Waals surface area contributed by atoms with Crippen LogP contribution in [0.3, 0.4) is 0 Å². The minimum absolute atomic E-state index is 0.536. The topological polar surface area (TPSA) is 9.23 Å². The molecule has 0 amide bonds. The Morgan fingerprint density at radius 1 is 0.875 bits per heavy atom. The molecule has 0 aliphatic carbocycles. The molecule has 0 aliphatic heterocycles. The van der Waals surface area contributed by atoms with Gasteiger partial charge < -0.3 is 4.74 Å². The molecule has 0 spiro atoms. The van der Waals surface area contributed by atoms with Crippen molar-refractivity contribution in [2.24, 2.45) is 0 Å². The standard InChI is InChI=1S/C12H7BrCl2O/c13-8-5-6-12(10(15)7-8)16-11-4-2-1-3-9(11)14/h1-7H. The molecule has 0 fully saturated rings. The Labute approximate surface area is 112 Å². The van der Waals surface area contributed by atoms with E-state index in [9.17, 15) is 0 Å². The van der Waals surface area contributed by atoms with E-state index in [1.165, 1.54) is 0 Å². The van der Waals surface area contributed by atoms with Crippen molar-refractivity contribution in [2.45, 2.75) is 0 Å². The molecule has 2 rings (SSSR count). The number of ether oxygens (including phenoxy) is 1. The number of benzene rings is 2. The lowest BCUT2D eigenvalue weighted by Crippen LogP contribution is -1.85. The minimum Gasteiger partial charge on any atom is -0.454 e. The lowest BCUT2D eigenvalue weighted by Gasteiger charge is -2.08. The molecule has 2 aromatic carbocycles. The second-order valence-electron chi connectivity index (χ2n) is 3.11. The summed E-state index contributed by atoms with van der Waals surface area (Å²) in [6.45, 7) is 0. The molecule has 82 valence electrons. The lowest BCUT2D eigenvalue weighted by atomic mass is 10.3. The largest absolute Gasteiger partial charge is 0.454 e. The molecule has 0 unspecified atom stereocenters. The first kappa shape index (κ1) is 11.8. The second-order valence-corrected chi connectivity index (χ2v) is 4.84. The summed E-state index contributed by atoms with van der Waals surface area (Å²) in [6.07, 6.45) is 0. The lowest BCUT2D eigenvalue weighted by molar-refractivity contribution is 0.483. The van der Waals surface area contributed by atoms with Gasteiger partial charge in [-0.2, -0.15) is 0 Å². The fourth-order valence-corrected chi connectivity index (χ4v) is 2.09. The summed E-state index contributed by atoms with van der Waals surface area (Å²) in [5.74, 6) is 1.17. The minimum atomic E-state index is 0.536. The fourth-order valence-electron chi connectivity index (χ4n) is 1.20. The highest BCUT2D eigenvalue weighted by Gasteiger charge is 2.05. The first-order valence-electron chi connectivity index (χ1n) is 4.54. The van der Waals surface area contributed by atoms with Gasteiger partial charge in [0, 0.05) is 4.47 Å². The molecule has 0 atom stereocenters. The summed E-state index contributed by atoms with van der Waals surface area (Å²) in [4.78, 5) is 0. The van der Waals surface area contributed by atoms with Gasteiger partial charge in [0.25, 0.3) is 0 Å². The molecular weight excluding hydrogens is 311 g/mol. The van der Waals surface area contributed by atoms with E-state index in [2.05, 4.69) is 15.9 Å². The number of para-hydroxylation sites is 1. The van der Waals surface area contributed by atoms with Gasteiger partial charge in [0.05, 0.1) is 10.0 Å². The van der Waals surface area contributed by atoms with Gasteiger partial charge in [-0.25, -0.2) is 0 Å². The van der Waals surface area contributed by atoms with Crippen LogP contribution in [0.25, 0.3) is 0 Å². The van der Waals surface area contributed by atoms with Gasteiger partial charge in [-0.05, 0) is 30.3 Å². The van der Waals surface area contributed by atoms with Gasteiger partial charge in [-0.15, -0.1) is 0 Å². The highest BCUT2D eigenvalue weighted by atomic mass is 79.9. The molecule has 0 aliphatic rings. The van der Waals surface area contributed by atoms with E-state index in [1.54, 1.807) is 24.3 Å². The Kier molecular flexibility index (Phi) is 3.74. The number of halogens is 3. The Morgan fingerprint density at radius 2 is 1.56 bits per heavy atom. The van der Waals surface area contributed by atoms with Crippen LogP contribution >= 0.6 is 39.1 Å². The first-order chi connectivity index (χ1) is 7.66. The van der Waals surface area contributed by atoms with Gasteiger partial charge in [0.2, 0.25) is 0 Å². The van der Waals surface area contributed by atoms with Crippen molar-refractivity contribution < 1.29 is 4.74 Å². The summed E-state index contributed by atoms with van der Waals surface area (Å²) in [5, 5.41) is 1.09. The van der Waals surface area contributed by atoms with Crippen molar-refractivity contribution >= 4 is 39.1 Å². The number of rotatable bonds is 2.